The zero-order valence-electron chi connectivity index (χ0n) is 13.2. The third-order valence-electron chi connectivity index (χ3n) is 2.93. The van der Waals surface area contributed by atoms with Crippen molar-refractivity contribution in [3.05, 3.63) is 35.4 Å². The molecule has 0 aliphatic heterocycles. The second-order valence-corrected chi connectivity index (χ2v) is 5.48. The molecule has 1 aromatic rings. The van der Waals surface area contributed by atoms with Crippen molar-refractivity contribution in [2.45, 2.75) is 46.6 Å². The third-order valence-corrected chi connectivity index (χ3v) is 2.93. The molecule has 0 aliphatic carbocycles. The number of esters is 2. The Morgan fingerprint density at radius 2 is 1.81 bits per heavy atom. The molecule has 4 heteroatoms. The van der Waals surface area contributed by atoms with Crippen molar-refractivity contribution in [3.63, 3.8) is 0 Å². The van der Waals surface area contributed by atoms with Gasteiger partial charge < -0.3 is 9.47 Å². The van der Waals surface area contributed by atoms with E-state index in [4.69, 9.17) is 9.47 Å². The van der Waals surface area contributed by atoms with Gasteiger partial charge in [0.2, 0.25) is 0 Å². The number of carbonyl (C=O) groups excluding carboxylic acids is 2. The lowest BCUT2D eigenvalue weighted by Gasteiger charge is -2.15. The van der Waals surface area contributed by atoms with E-state index in [1.54, 1.807) is 19.9 Å². The Morgan fingerprint density at radius 3 is 2.43 bits per heavy atom. The molecule has 0 N–H and O–H groups in total. The second kappa shape index (κ2) is 8.45. The highest BCUT2D eigenvalue weighted by Gasteiger charge is 2.18. The van der Waals surface area contributed by atoms with Crippen molar-refractivity contribution >= 4 is 11.9 Å². The number of hydrogen-bond donors (Lipinski definition) is 0. The predicted octanol–water partition coefficient (Wildman–Crippen LogP) is 3.38. The number of hydrogen-bond acceptors (Lipinski definition) is 4. The molecule has 0 saturated carbocycles. The van der Waals surface area contributed by atoms with E-state index in [1.807, 2.05) is 18.2 Å². The Bertz CT molecular complexity index is 479. The molecule has 21 heavy (non-hydrogen) atoms. The Balaban J connectivity index is 2.69. The monoisotopic (exact) mass is 292 g/mol. The molecule has 1 unspecified atom stereocenters. The zero-order chi connectivity index (χ0) is 15.8. The van der Waals surface area contributed by atoms with Crippen LogP contribution in [0, 0.1) is 5.92 Å². The molecule has 1 atom stereocenters. The summed E-state index contributed by atoms with van der Waals surface area (Å²) in [7, 11) is 0. The lowest BCUT2D eigenvalue weighted by molar-refractivity contribution is -0.145. The first kappa shape index (κ1) is 17.2. The zero-order valence-corrected chi connectivity index (χ0v) is 13.2. The fraction of sp³-hybridized carbons (Fsp3) is 0.529. The average molecular weight is 292 g/mol. The molecular weight excluding hydrogens is 268 g/mol. The average Bonchev–Trinajstić information content (AvgIpc) is 2.38. The molecule has 4 nitrogen and oxygen atoms in total. The van der Waals surface area contributed by atoms with E-state index in [2.05, 4.69) is 13.8 Å². The topological polar surface area (TPSA) is 52.6 Å². The molecular formula is C17H24O4. The molecule has 0 radical (unpaired) electrons. The molecule has 1 rings (SSSR count). The smallest absolute Gasteiger partial charge is 0.338 e. The van der Waals surface area contributed by atoms with Gasteiger partial charge in [0.25, 0.3) is 0 Å². The molecule has 0 aromatic heterocycles. The Morgan fingerprint density at radius 1 is 1.14 bits per heavy atom. The molecule has 116 valence electrons. The summed E-state index contributed by atoms with van der Waals surface area (Å²) in [5.41, 5.74) is 1.54. The van der Waals surface area contributed by atoms with Crippen LogP contribution in [0.2, 0.25) is 0 Å². The molecule has 0 spiro atoms. The molecule has 0 bridgehead atoms. The van der Waals surface area contributed by atoms with Crippen LogP contribution < -0.4 is 0 Å². The third kappa shape index (κ3) is 5.98. The number of rotatable bonds is 7. The van der Waals surface area contributed by atoms with Crippen LogP contribution in [0.15, 0.2) is 24.3 Å². The van der Waals surface area contributed by atoms with Crippen LogP contribution in [0.1, 0.15) is 50.0 Å². The number of carbonyl (C=O) groups is 2. The van der Waals surface area contributed by atoms with Gasteiger partial charge in [-0.3, -0.25) is 4.79 Å². The summed E-state index contributed by atoms with van der Waals surface area (Å²) in [5, 5.41) is 0. The van der Waals surface area contributed by atoms with Gasteiger partial charge in [0, 0.05) is 0 Å². The highest BCUT2D eigenvalue weighted by Crippen LogP contribution is 2.16. The van der Waals surface area contributed by atoms with Gasteiger partial charge in [-0.1, -0.05) is 32.0 Å². The van der Waals surface area contributed by atoms with Crippen LogP contribution in [-0.4, -0.2) is 24.6 Å². The fourth-order valence-electron chi connectivity index (χ4n) is 2.08. The molecule has 0 fully saturated rings. The van der Waals surface area contributed by atoms with Gasteiger partial charge in [0.1, 0.15) is 6.10 Å². The lowest BCUT2D eigenvalue weighted by Crippen LogP contribution is -2.21. The first-order valence-corrected chi connectivity index (χ1v) is 7.38. The van der Waals surface area contributed by atoms with Crippen LogP contribution in [0.25, 0.3) is 0 Å². The maximum Gasteiger partial charge on any atom is 0.338 e. The summed E-state index contributed by atoms with van der Waals surface area (Å²) in [6, 6.07) is 7.43. The quantitative estimate of drug-likeness (QED) is 0.723. The van der Waals surface area contributed by atoms with E-state index in [-0.39, 0.29) is 18.4 Å². The highest BCUT2D eigenvalue weighted by molar-refractivity contribution is 5.91. The van der Waals surface area contributed by atoms with E-state index in [9.17, 15) is 9.59 Å². The maximum absolute atomic E-state index is 12.2. The van der Waals surface area contributed by atoms with Crippen LogP contribution >= 0.6 is 0 Å². The number of benzene rings is 1. The van der Waals surface area contributed by atoms with Gasteiger partial charge in [-0.15, -0.1) is 0 Å². The Kier molecular flexibility index (Phi) is 6.92. The van der Waals surface area contributed by atoms with Crippen LogP contribution in [0.5, 0.6) is 0 Å². The van der Waals surface area contributed by atoms with E-state index in [0.717, 1.165) is 12.0 Å². The number of ether oxygens (including phenoxy) is 2. The molecule has 0 saturated heterocycles. The standard InChI is InChI=1S/C17H24O4/c1-5-20-16(18)11-13(4)21-17(19)15-9-7-6-8-14(15)10-12(2)3/h6-9,12-13H,5,10-11H2,1-4H3. The van der Waals surface area contributed by atoms with E-state index in [0.29, 0.717) is 18.1 Å². The van der Waals surface area contributed by atoms with Crippen molar-refractivity contribution in [2.75, 3.05) is 6.61 Å². The van der Waals surface area contributed by atoms with Gasteiger partial charge >= 0.3 is 11.9 Å². The molecule has 1 aromatic carbocycles. The Hall–Kier alpha value is -1.84. The summed E-state index contributed by atoms with van der Waals surface area (Å²) >= 11 is 0. The van der Waals surface area contributed by atoms with Crippen molar-refractivity contribution in [2.24, 2.45) is 5.92 Å². The first-order chi connectivity index (χ1) is 9.93. The fourth-order valence-corrected chi connectivity index (χ4v) is 2.08. The van der Waals surface area contributed by atoms with Gasteiger partial charge in [0.15, 0.2) is 0 Å². The minimum Gasteiger partial charge on any atom is -0.466 e. The van der Waals surface area contributed by atoms with Crippen LogP contribution in [0.4, 0.5) is 0 Å². The van der Waals surface area contributed by atoms with Crippen molar-refractivity contribution in [3.8, 4) is 0 Å². The van der Waals surface area contributed by atoms with Gasteiger partial charge in [-0.2, -0.15) is 0 Å². The lowest BCUT2D eigenvalue weighted by atomic mass is 9.98. The molecule has 0 amide bonds. The first-order valence-electron chi connectivity index (χ1n) is 7.38. The van der Waals surface area contributed by atoms with Crippen molar-refractivity contribution in [1.29, 1.82) is 0 Å². The van der Waals surface area contributed by atoms with E-state index in [1.165, 1.54) is 0 Å². The summed E-state index contributed by atoms with van der Waals surface area (Å²) in [6.07, 6.45) is 0.396. The SMILES string of the molecule is CCOC(=O)CC(C)OC(=O)c1ccccc1CC(C)C. The van der Waals surface area contributed by atoms with E-state index >= 15 is 0 Å². The highest BCUT2D eigenvalue weighted by atomic mass is 16.6. The van der Waals surface area contributed by atoms with E-state index < -0.39 is 6.10 Å². The predicted molar refractivity (Wildman–Crippen MR) is 81.1 cm³/mol. The van der Waals surface area contributed by atoms with Crippen LogP contribution in [0.3, 0.4) is 0 Å². The minimum absolute atomic E-state index is 0.0753. The van der Waals surface area contributed by atoms with Gasteiger partial charge in [-0.05, 0) is 37.8 Å². The summed E-state index contributed by atoms with van der Waals surface area (Å²) in [4.78, 5) is 23.6. The molecule has 0 heterocycles. The second-order valence-electron chi connectivity index (χ2n) is 5.48. The summed E-state index contributed by atoms with van der Waals surface area (Å²) < 4.78 is 10.2. The van der Waals surface area contributed by atoms with Gasteiger partial charge in [0.05, 0.1) is 18.6 Å². The van der Waals surface area contributed by atoms with Crippen LogP contribution in [-0.2, 0) is 20.7 Å². The molecule has 0 aliphatic rings. The largest absolute Gasteiger partial charge is 0.466 e. The van der Waals surface area contributed by atoms with Gasteiger partial charge in [-0.25, -0.2) is 4.79 Å². The maximum atomic E-state index is 12.2. The van der Waals surface area contributed by atoms with Crippen molar-refractivity contribution < 1.29 is 19.1 Å². The normalized spacial score (nSPS) is 12.0. The summed E-state index contributed by atoms with van der Waals surface area (Å²) in [5.74, 6) is -0.285. The van der Waals surface area contributed by atoms with Crippen molar-refractivity contribution in [1.82, 2.24) is 0 Å². The summed E-state index contributed by atoms with van der Waals surface area (Å²) in [6.45, 7) is 7.98. The Labute approximate surface area is 126 Å². The minimum atomic E-state index is -0.497.